The molecule has 0 aliphatic rings. The molecule has 3 aromatic carbocycles. The molecular formula is C23H16Cl2F6N4O2. The molecule has 0 fully saturated rings. The summed E-state index contributed by atoms with van der Waals surface area (Å²) in [6.45, 7) is 1.62. The fraction of sp³-hybridized carbons (Fsp3) is 0.130. The molecule has 37 heavy (non-hydrogen) atoms. The van der Waals surface area contributed by atoms with Crippen LogP contribution in [0.3, 0.4) is 0 Å². The molecule has 0 spiro atoms. The van der Waals surface area contributed by atoms with Crippen molar-refractivity contribution in [3.63, 3.8) is 0 Å². The van der Waals surface area contributed by atoms with Crippen LogP contribution in [0, 0.1) is 6.92 Å². The number of nitrogens with one attached hydrogen (secondary N) is 4. The van der Waals surface area contributed by atoms with Crippen LogP contribution in [0.15, 0.2) is 54.6 Å². The van der Waals surface area contributed by atoms with Crippen molar-refractivity contribution in [2.24, 2.45) is 0 Å². The van der Waals surface area contributed by atoms with Crippen LogP contribution in [0.5, 0.6) is 0 Å². The molecule has 0 aliphatic carbocycles. The molecule has 0 saturated heterocycles. The van der Waals surface area contributed by atoms with Gasteiger partial charge in [0.1, 0.15) is 0 Å². The van der Waals surface area contributed by atoms with Gasteiger partial charge in [-0.05, 0) is 61.0 Å². The third-order valence-electron chi connectivity index (χ3n) is 4.80. The predicted molar refractivity (Wildman–Crippen MR) is 129 cm³/mol. The number of benzene rings is 3. The van der Waals surface area contributed by atoms with Gasteiger partial charge in [-0.15, -0.1) is 0 Å². The maximum Gasteiger partial charge on any atom is 0.417 e. The Hall–Kier alpha value is -3.64. The van der Waals surface area contributed by atoms with Crippen molar-refractivity contribution in [1.82, 2.24) is 0 Å². The Morgan fingerprint density at radius 3 is 1.43 bits per heavy atom. The molecule has 0 unspecified atom stereocenters. The number of rotatable bonds is 4. The number of carbonyl (C=O) groups is 2. The molecule has 6 nitrogen and oxygen atoms in total. The Bertz CT molecular complexity index is 1350. The molecule has 0 aromatic heterocycles. The SMILES string of the molecule is Cc1ccc(NC(=O)Nc2ccc(Cl)c(C(F)(F)F)c2)cc1NC(=O)Nc1ccc(Cl)c(C(F)(F)F)c1. The Balaban J connectivity index is 1.69. The van der Waals surface area contributed by atoms with Crippen LogP contribution in [-0.4, -0.2) is 12.1 Å². The normalized spacial score (nSPS) is 11.6. The van der Waals surface area contributed by atoms with Gasteiger partial charge >= 0.3 is 24.4 Å². The Labute approximate surface area is 215 Å². The first-order valence-electron chi connectivity index (χ1n) is 10.1. The summed E-state index contributed by atoms with van der Waals surface area (Å²) in [7, 11) is 0. The van der Waals surface area contributed by atoms with Crippen LogP contribution in [0.2, 0.25) is 10.0 Å². The van der Waals surface area contributed by atoms with Crippen LogP contribution in [0.1, 0.15) is 16.7 Å². The third kappa shape index (κ3) is 7.43. The van der Waals surface area contributed by atoms with Crippen molar-refractivity contribution >= 4 is 58.0 Å². The van der Waals surface area contributed by atoms with Crippen LogP contribution in [-0.2, 0) is 12.4 Å². The minimum absolute atomic E-state index is 0.161. The Morgan fingerprint density at radius 2 is 1.00 bits per heavy atom. The van der Waals surface area contributed by atoms with Crippen LogP contribution >= 0.6 is 23.2 Å². The number of carbonyl (C=O) groups excluding carboxylic acids is 2. The van der Waals surface area contributed by atoms with Crippen LogP contribution in [0.4, 0.5) is 58.7 Å². The highest BCUT2D eigenvalue weighted by Crippen LogP contribution is 2.37. The molecule has 0 bridgehead atoms. The molecular weight excluding hydrogens is 549 g/mol. The maximum absolute atomic E-state index is 13.0. The predicted octanol–water partition coefficient (Wildman–Crippen LogP) is 8.63. The highest BCUT2D eigenvalue weighted by Gasteiger charge is 2.34. The monoisotopic (exact) mass is 564 g/mol. The van der Waals surface area contributed by atoms with E-state index in [2.05, 4.69) is 21.3 Å². The van der Waals surface area contributed by atoms with Crippen molar-refractivity contribution in [3.8, 4) is 0 Å². The van der Waals surface area contributed by atoms with Gasteiger partial charge in [0.05, 0.1) is 21.2 Å². The minimum atomic E-state index is -4.72. The number of amides is 4. The average Bonchev–Trinajstić information content (AvgIpc) is 2.77. The van der Waals surface area contributed by atoms with E-state index in [9.17, 15) is 35.9 Å². The molecule has 0 atom stereocenters. The number of anilines is 4. The molecule has 3 rings (SSSR count). The first kappa shape index (κ1) is 27.9. The first-order valence-corrected chi connectivity index (χ1v) is 10.9. The molecule has 0 radical (unpaired) electrons. The van der Waals surface area contributed by atoms with Gasteiger partial charge in [0.25, 0.3) is 0 Å². The van der Waals surface area contributed by atoms with E-state index in [0.717, 1.165) is 12.1 Å². The van der Waals surface area contributed by atoms with Crippen LogP contribution < -0.4 is 21.3 Å². The van der Waals surface area contributed by atoms with Gasteiger partial charge in [0.15, 0.2) is 0 Å². The number of urea groups is 2. The number of halogens is 8. The molecule has 14 heteroatoms. The molecule has 196 valence electrons. The maximum atomic E-state index is 13.0. The smallest absolute Gasteiger partial charge is 0.308 e. The lowest BCUT2D eigenvalue weighted by Crippen LogP contribution is -2.22. The summed E-state index contributed by atoms with van der Waals surface area (Å²) in [6, 6.07) is 8.30. The zero-order valence-corrected chi connectivity index (χ0v) is 20.0. The van der Waals surface area contributed by atoms with E-state index in [1.165, 1.54) is 30.3 Å². The van der Waals surface area contributed by atoms with Gasteiger partial charge in [0.2, 0.25) is 0 Å². The fourth-order valence-electron chi connectivity index (χ4n) is 3.05. The van der Waals surface area contributed by atoms with Gasteiger partial charge in [-0.3, -0.25) is 0 Å². The Kier molecular flexibility index (Phi) is 8.13. The van der Waals surface area contributed by atoms with E-state index in [1.807, 2.05) is 0 Å². The second-order valence-electron chi connectivity index (χ2n) is 7.57. The minimum Gasteiger partial charge on any atom is -0.308 e. The van der Waals surface area contributed by atoms with Crippen molar-refractivity contribution in [2.75, 3.05) is 21.3 Å². The van der Waals surface area contributed by atoms with Gasteiger partial charge in [-0.25, -0.2) is 9.59 Å². The fourth-order valence-corrected chi connectivity index (χ4v) is 3.50. The van der Waals surface area contributed by atoms with E-state index >= 15 is 0 Å². The number of alkyl halides is 6. The molecule has 0 heterocycles. The van der Waals surface area contributed by atoms with Gasteiger partial charge in [-0.2, -0.15) is 26.3 Å². The molecule has 0 saturated carbocycles. The molecule has 3 aromatic rings. The van der Waals surface area contributed by atoms with E-state index in [4.69, 9.17) is 23.2 Å². The summed E-state index contributed by atoms with van der Waals surface area (Å²) < 4.78 is 78.2. The molecule has 4 N–H and O–H groups in total. The summed E-state index contributed by atoms with van der Waals surface area (Å²) in [6.07, 6.45) is -9.44. The lowest BCUT2D eigenvalue weighted by Gasteiger charge is -2.15. The van der Waals surface area contributed by atoms with E-state index in [0.29, 0.717) is 17.7 Å². The Morgan fingerprint density at radius 1 is 0.622 bits per heavy atom. The van der Waals surface area contributed by atoms with Crippen LogP contribution in [0.25, 0.3) is 0 Å². The zero-order chi connectivity index (χ0) is 27.5. The van der Waals surface area contributed by atoms with Gasteiger partial charge in [0, 0.05) is 22.7 Å². The second-order valence-corrected chi connectivity index (χ2v) is 8.39. The van der Waals surface area contributed by atoms with Gasteiger partial charge < -0.3 is 21.3 Å². The first-order chi connectivity index (χ1) is 17.1. The highest BCUT2D eigenvalue weighted by atomic mass is 35.5. The third-order valence-corrected chi connectivity index (χ3v) is 5.46. The number of aryl methyl sites for hydroxylation is 1. The van der Waals surface area contributed by atoms with Crippen molar-refractivity contribution in [3.05, 3.63) is 81.3 Å². The van der Waals surface area contributed by atoms with E-state index in [1.54, 1.807) is 6.92 Å². The number of hydrogen-bond acceptors (Lipinski definition) is 2. The lowest BCUT2D eigenvalue weighted by atomic mass is 10.1. The summed E-state index contributed by atoms with van der Waals surface area (Å²) in [5.74, 6) is 0. The lowest BCUT2D eigenvalue weighted by molar-refractivity contribution is -0.138. The van der Waals surface area contributed by atoms with E-state index < -0.39 is 45.6 Å². The number of hydrogen-bond donors (Lipinski definition) is 4. The zero-order valence-electron chi connectivity index (χ0n) is 18.5. The average molecular weight is 565 g/mol. The topological polar surface area (TPSA) is 82.3 Å². The van der Waals surface area contributed by atoms with Crippen molar-refractivity contribution in [1.29, 1.82) is 0 Å². The van der Waals surface area contributed by atoms with Crippen molar-refractivity contribution < 1.29 is 35.9 Å². The molecule has 4 amide bonds. The highest BCUT2D eigenvalue weighted by molar-refractivity contribution is 6.32. The van der Waals surface area contributed by atoms with E-state index in [-0.39, 0.29) is 22.7 Å². The summed E-state index contributed by atoms with van der Waals surface area (Å²) >= 11 is 11.1. The van der Waals surface area contributed by atoms with Gasteiger partial charge in [-0.1, -0.05) is 29.3 Å². The second kappa shape index (κ2) is 10.8. The summed E-state index contributed by atoms with van der Waals surface area (Å²) in [5, 5.41) is 8.31. The largest absolute Gasteiger partial charge is 0.417 e. The summed E-state index contributed by atoms with van der Waals surface area (Å²) in [5.41, 5.74) is -1.67. The summed E-state index contributed by atoms with van der Waals surface area (Å²) in [4.78, 5) is 24.6. The van der Waals surface area contributed by atoms with Crippen molar-refractivity contribution in [2.45, 2.75) is 19.3 Å². The standard InChI is InChI=1S/C23H16Cl2F6N4O2/c1-11-2-3-14(34-20(36)32-12-4-6-17(24)15(8-12)22(26,27)28)10-19(11)35-21(37)33-13-5-7-18(25)16(9-13)23(29,30)31/h2-10H,1H3,(H2,32,34,36)(H2,33,35,37). The molecule has 0 aliphatic heterocycles. The quantitative estimate of drug-likeness (QED) is 0.239.